The molecule has 7 nitrogen and oxygen atoms in total. The number of carboxylic acids is 1. The minimum absolute atomic E-state index is 0.195. The lowest BCUT2D eigenvalue weighted by molar-refractivity contribution is -0.220. The van der Waals surface area contributed by atoms with Crippen LogP contribution >= 0.6 is 7.82 Å². The van der Waals surface area contributed by atoms with E-state index in [1.165, 1.54) is 44.9 Å². The average Bonchev–Trinajstić information content (AvgIpc) is 2.59. The summed E-state index contributed by atoms with van der Waals surface area (Å²) >= 11 is 0. The van der Waals surface area contributed by atoms with Gasteiger partial charge in [-0.2, -0.15) is 0 Å². The number of carbonyl (C=O) groups is 1. The zero-order chi connectivity index (χ0) is 19.5. The summed E-state index contributed by atoms with van der Waals surface area (Å²) in [6.45, 7) is 2.05. The molecule has 0 aromatic rings. The lowest BCUT2D eigenvalue weighted by Gasteiger charge is -2.10. The third kappa shape index (κ3) is 19.9. The van der Waals surface area contributed by atoms with E-state index in [9.17, 15) is 14.3 Å². The molecule has 156 valence electrons. The lowest BCUT2D eigenvalue weighted by Crippen LogP contribution is -1.98. The van der Waals surface area contributed by atoms with Crippen molar-refractivity contribution in [1.29, 1.82) is 0 Å². The fourth-order valence-corrected chi connectivity index (χ4v) is 3.29. The van der Waals surface area contributed by atoms with Gasteiger partial charge in [0.25, 0.3) is 0 Å². The third-order valence-corrected chi connectivity index (χ3v) is 4.86. The highest BCUT2D eigenvalue weighted by atomic mass is 31.2. The fourth-order valence-electron chi connectivity index (χ4n) is 2.64. The largest absolute Gasteiger partial charge is 0.499 e. The second-order valence-electron chi connectivity index (χ2n) is 6.52. The minimum atomic E-state index is -4.05. The first-order valence-corrected chi connectivity index (χ1v) is 11.5. The molecule has 0 saturated heterocycles. The van der Waals surface area contributed by atoms with Crippen LogP contribution in [0.1, 0.15) is 96.8 Å². The van der Waals surface area contributed by atoms with Crippen LogP contribution in [0.4, 0.5) is 0 Å². The number of hydrogen-bond donors (Lipinski definition) is 2. The maximum atomic E-state index is 11.3. The van der Waals surface area contributed by atoms with Gasteiger partial charge in [-0.3, -0.25) is 9.32 Å². The fraction of sp³-hybridized carbons (Fsp3) is 0.944. The maximum absolute atomic E-state index is 11.3. The van der Waals surface area contributed by atoms with Crippen LogP contribution in [0.5, 0.6) is 0 Å². The smallest absolute Gasteiger partial charge is 0.481 e. The van der Waals surface area contributed by atoms with Gasteiger partial charge in [-0.1, -0.05) is 70.6 Å². The van der Waals surface area contributed by atoms with Crippen molar-refractivity contribution >= 4 is 13.8 Å². The topological polar surface area (TPSA) is 102 Å². The van der Waals surface area contributed by atoms with Gasteiger partial charge in [0.2, 0.25) is 0 Å². The van der Waals surface area contributed by atoms with Crippen molar-refractivity contribution in [1.82, 2.24) is 0 Å². The third-order valence-electron chi connectivity index (χ3n) is 4.05. The van der Waals surface area contributed by atoms with E-state index in [2.05, 4.69) is 9.56 Å². The monoisotopic (exact) mass is 396 g/mol. The predicted molar refractivity (Wildman–Crippen MR) is 101 cm³/mol. The standard InChI is InChI=1S/C18H37O7P/c1-2-23-25-26(21,22)24-17-15-13-11-9-7-5-3-4-6-8-10-12-14-16-18(19)20/h2-17H2,1H3,(H,19,20)(H,21,22). The van der Waals surface area contributed by atoms with Crippen molar-refractivity contribution in [2.75, 3.05) is 13.2 Å². The van der Waals surface area contributed by atoms with E-state index in [-0.39, 0.29) is 13.2 Å². The van der Waals surface area contributed by atoms with E-state index in [1.54, 1.807) is 6.92 Å². The van der Waals surface area contributed by atoms with Crippen molar-refractivity contribution in [3.63, 3.8) is 0 Å². The molecule has 0 aliphatic carbocycles. The van der Waals surface area contributed by atoms with E-state index in [0.29, 0.717) is 6.42 Å². The van der Waals surface area contributed by atoms with Crippen LogP contribution in [0.15, 0.2) is 0 Å². The van der Waals surface area contributed by atoms with Gasteiger partial charge in [-0.15, -0.1) is 4.67 Å². The Kier molecular flexibility index (Phi) is 17.6. The average molecular weight is 396 g/mol. The van der Waals surface area contributed by atoms with Crippen LogP contribution in [0.2, 0.25) is 0 Å². The first-order chi connectivity index (χ1) is 12.5. The minimum Gasteiger partial charge on any atom is -0.481 e. The zero-order valence-corrected chi connectivity index (χ0v) is 17.1. The highest BCUT2D eigenvalue weighted by Gasteiger charge is 2.21. The number of hydrogen-bond acceptors (Lipinski definition) is 5. The molecule has 2 N–H and O–H groups in total. The number of carboxylic acid groups (broad SMARTS) is 1. The van der Waals surface area contributed by atoms with Gasteiger partial charge in [0, 0.05) is 6.42 Å². The summed E-state index contributed by atoms with van der Waals surface area (Å²) in [5.41, 5.74) is 0. The molecule has 8 heteroatoms. The molecule has 0 saturated carbocycles. The first kappa shape index (κ1) is 25.5. The Morgan fingerprint density at radius 1 is 0.808 bits per heavy atom. The summed E-state index contributed by atoms with van der Waals surface area (Å²) in [6.07, 6.45) is 14.7. The van der Waals surface area contributed by atoms with Crippen LogP contribution in [-0.4, -0.2) is 29.2 Å². The molecule has 0 aromatic carbocycles. The van der Waals surface area contributed by atoms with Gasteiger partial charge in [-0.25, -0.2) is 9.45 Å². The Hall–Kier alpha value is -0.460. The molecule has 0 bridgehead atoms. The summed E-state index contributed by atoms with van der Waals surface area (Å²) in [5.74, 6) is -0.693. The van der Waals surface area contributed by atoms with Gasteiger partial charge in [0.1, 0.15) is 0 Å². The number of phosphoric ester groups is 1. The molecular formula is C18H37O7P. The van der Waals surface area contributed by atoms with E-state index in [1.807, 2.05) is 0 Å². The quantitative estimate of drug-likeness (QED) is 0.119. The second-order valence-corrected chi connectivity index (χ2v) is 7.87. The highest BCUT2D eigenvalue weighted by Crippen LogP contribution is 2.43. The molecule has 0 radical (unpaired) electrons. The Labute approximate surface area is 158 Å². The molecule has 1 atom stereocenters. The normalized spacial score (nSPS) is 13.6. The first-order valence-electron chi connectivity index (χ1n) is 9.98. The van der Waals surface area contributed by atoms with Crippen LogP contribution in [-0.2, 0) is 23.4 Å². The summed E-state index contributed by atoms with van der Waals surface area (Å²) in [5, 5.41) is 8.54. The van der Waals surface area contributed by atoms with Gasteiger partial charge in [0.05, 0.1) is 13.2 Å². The van der Waals surface area contributed by atoms with Gasteiger partial charge in [-0.05, 0) is 19.8 Å². The van der Waals surface area contributed by atoms with Gasteiger partial charge in [0.15, 0.2) is 0 Å². The van der Waals surface area contributed by atoms with E-state index >= 15 is 0 Å². The molecule has 0 fully saturated rings. The van der Waals surface area contributed by atoms with E-state index in [4.69, 9.17) is 9.63 Å². The number of aliphatic carboxylic acids is 1. The zero-order valence-electron chi connectivity index (χ0n) is 16.2. The Bertz CT molecular complexity index is 377. The summed E-state index contributed by atoms with van der Waals surface area (Å²) in [6, 6.07) is 0. The molecule has 0 aliphatic heterocycles. The van der Waals surface area contributed by atoms with Crippen molar-refractivity contribution in [3.05, 3.63) is 0 Å². The number of unbranched alkanes of at least 4 members (excludes halogenated alkanes) is 12. The molecule has 0 rings (SSSR count). The molecule has 0 aliphatic rings. The van der Waals surface area contributed by atoms with Crippen LogP contribution in [0.25, 0.3) is 0 Å². The summed E-state index contributed by atoms with van der Waals surface area (Å²) in [7, 11) is -4.05. The van der Waals surface area contributed by atoms with Crippen molar-refractivity contribution in [3.8, 4) is 0 Å². The van der Waals surface area contributed by atoms with Gasteiger partial charge >= 0.3 is 13.8 Å². The Morgan fingerprint density at radius 2 is 1.23 bits per heavy atom. The second kappa shape index (κ2) is 17.9. The Balaban J connectivity index is 3.18. The molecule has 0 spiro atoms. The Morgan fingerprint density at radius 3 is 1.65 bits per heavy atom. The molecule has 26 heavy (non-hydrogen) atoms. The SMILES string of the molecule is CCOOP(=O)(O)OCCCCCCCCCCCCCCCC(=O)O. The van der Waals surface area contributed by atoms with E-state index < -0.39 is 13.8 Å². The highest BCUT2D eigenvalue weighted by molar-refractivity contribution is 7.47. The van der Waals surface area contributed by atoms with Crippen LogP contribution in [0.3, 0.4) is 0 Å². The number of phosphoric acid groups is 1. The molecule has 0 amide bonds. The van der Waals surface area contributed by atoms with Crippen molar-refractivity contribution < 1.29 is 33.4 Å². The van der Waals surface area contributed by atoms with Crippen LogP contribution in [0, 0.1) is 0 Å². The summed E-state index contributed by atoms with van der Waals surface area (Å²) < 4.78 is 20.4. The number of rotatable bonds is 20. The molecular weight excluding hydrogens is 359 g/mol. The predicted octanol–water partition coefficient (Wildman–Crippen LogP) is 5.62. The van der Waals surface area contributed by atoms with Gasteiger partial charge < -0.3 is 10.00 Å². The van der Waals surface area contributed by atoms with Crippen LogP contribution < -0.4 is 0 Å². The van der Waals surface area contributed by atoms with E-state index in [0.717, 1.165) is 38.5 Å². The van der Waals surface area contributed by atoms with Crippen molar-refractivity contribution in [2.45, 2.75) is 96.8 Å². The molecule has 0 aromatic heterocycles. The molecule has 1 unspecified atom stereocenters. The molecule has 0 heterocycles. The maximum Gasteiger partial charge on any atom is 0.499 e. The van der Waals surface area contributed by atoms with Crippen molar-refractivity contribution in [2.24, 2.45) is 0 Å². The summed E-state index contributed by atoms with van der Waals surface area (Å²) in [4.78, 5) is 24.0. The lowest BCUT2D eigenvalue weighted by atomic mass is 10.0.